The van der Waals surface area contributed by atoms with Crippen molar-refractivity contribution in [1.82, 2.24) is 15.0 Å². The Morgan fingerprint density at radius 2 is 0.917 bits per heavy atom. The number of hydrogen-bond donors (Lipinski definition) is 3. The van der Waals surface area contributed by atoms with Gasteiger partial charge >= 0.3 is 29.4 Å². The SMILES string of the molecule is C[n+]1cc[nH]c1.C[n+]1cc[nH]c1.C[n+]1cc[nH]c1.[Cl-].[O]=[Mn](=[O])([O-])[O-]. The Morgan fingerprint density at radius 1 is 0.708 bits per heavy atom. The number of imidazole rings is 3. The Morgan fingerprint density at radius 3 is 0.958 bits per heavy atom. The van der Waals surface area contributed by atoms with Crippen LogP contribution in [-0.2, 0) is 42.2 Å². The van der Waals surface area contributed by atoms with Crippen LogP contribution in [-0.4, -0.2) is 15.0 Å². The number of nitrogens with zero attached hydrogens (tertiary/aromatic N) is 3. The summed E-state index contributed by atoms with van der Waals surface area (Å²) in [6.45, 7) is 0. The molecule has 0 aromatic carbocycles. The van der Waals surface area contributed by atoms with Crippen molar-refractivity contribution >= 4 is 0 Å². The second-order valence-corrected chi connectivity index (χ2v) is 5.39. The van der Waals surface area contributed by atoms with Gasteiger partial charge in [0.15, 0.2) is 0 Å². The van der Waals surface area contributed by atoms with Crippen LogP contribution < -0.4 is 34.5 Å². The summed E-state index contributed by atoms with van der Waals surface area (Å²) in [6.07, 6.45) is 17.1. The molecule has 0 spiro atoms. The minimum atomic E-state index is -5.62. The second kappa shape index (κ2) is 13.4. The van der Waals surface area contributed by atoms with Crippen LogP contribution in [0.3, 0.4) is 0 Å². The van der Waals surface area contributed by atoms with Crippen LogP contribution in [0.4, 0.5) is 0 Å². The Bertz CT molecular complexity index is 614. The van der Waals surface area contributed by atoms with E-state index < -0.39 is 13.4 Å². The second-order valence-electron chi connectivity index (χ2n) is 4.21. The molecule has 3 N–H and O–H groups in total. The summed E-state index contributed by atoms with van der Waals surface area (Å²) in [5.74, 6) is 0. The van der Waals surface area contributed by atoms with Gasteiger partial charge in [-0.15, -0.1) is 0 Å². The fraction of sp³-hybridized carbons (Fsp3) is 0.250. The van der Waals surface area contributed by atoms with Gasteiger partial charge in [-0.1, -0.05) is 0 Å². The Kier molecular flexibility index (Phi) is 13.5. The molecule has 0 radical (unpaired) electrons. The zero-order chi connectivity index (χ0) is 17.7. The fourth-order valence-electron chi connectivity index (χ4n) is 1.09. The number of nitrogens with one attached hydrogen (secondary N) is 3. The molecular weight excluding hydrogens is 383 g/mol. The molecule has 3 aromatic rings. The first-order valence-corrected chi connectivity index (χ1v) is 8.17. The van der Waals surface area contributed by atoms with Gasteiger partial charge in [0.25, 0.3) is 0 Å². The van der Waals surface area contributed by atoms with Crippen LogP contribution in [0, 0.1) is 0 Å². The van der Waals surface area contributed by atoms with Crippen molar-refractivity contribution in [2.24, 2.45) is 21.1 Å². The number of H-pyrrole nitrogens is 3. The molecule has 3 heterocycles. The van der Waals surface area contributed by atoms with Crippen molar-refractivity contribution < 1.29 is 55.5 Å². The van der Waals surface area contributed by atoms with Crippen molar-refractivity contribution in [1.29, 1.82) is 0 Å². The Hall–Kier alpha value is -2.04. The molecule has 24 heavy (non-hydrogen) atoms. The third-order valence-electron chi connectivity index (χ3n) is 2.05. The number of aryl methyl sites for hydroxylation is 3. The van der Waals surface area contributed by atoms with E-state index >= 15 is 0 Å². The van der Waals surface area contributed by atoms with Gasteiger partial charge in [0, 0.05) is 0 Å². The molecule has 0 saturated carbocycles. The van der Waals surface area contributed by atoms with Gasteiger partial charge < -0.3 is 12.4 Å². The molecule has 0 atom stereocenters. The molecule has 12 heteroatoms. The number of aromatic nitrogens is 6. The molecule has 0 bridgehead atoms. The maximum atomic E-state index is 8.58. The first-order chi connectivity index (χ1) is 10.7. The van der Waals surface area contributed by atoms with Gasteiger partial charge in [-0.2, -0.15) is 0 Å². The zero-order valence-electron chi connectivity index (χ0n) is 13.4. The van der Waals surface area contributed by atoms with Crippen LogP contribution in [0.25, 0.3) is 0 Å². The molecule has 0 fully saturated rings. The molecule has 0 aliphatic heterocycles. The summed E-state index contributed by atoms with van der Waals surface area (Å²) < 4.78 is 40.1. The zero-order valence-corrected chi connectivity index (χ0v) is 15.4. The average Bonchev–Trinajstić information content (AvgIpc) is 3.14. The average molecular weight is 404 g/mol. The maximum absolute atomic E-state index is 8.58. The van der Waals surface area contributed by atoms with Crippen LogP contribution in [0.2, 0.25) is 0 Å². The number of aromatic amines is 3. The number of hydrogen-bond acceptors (Lipinski definition) is 4. The molecular formula is C12H21ClMnN6O4. The van der Waals surface area contributed by atoms with E-state index in [0.717, 1.165) is 0 Å². The molecule has 0 aliphatic rings. The van der Waals surface area contributed by atoms with Crippen LogP contribution >= 0.6 is 0 Å². The standard InChI is InChI=1S/3C4H6N2.ClH.Mn.4O/c3*1-6-3-2-5-4-6;;;;;;/h3*2-4H,1H3;1H;;;;;/q;;;;;;;2*-1/p+2. The molecule has 0 saturated heterocycles. The summed E-state index contributed by atoms with van der Waals surface area (Å²) in [5, 5.41) is 0. The molecule has 3 aromatic heterocycles. The molecule has 0 unspecified atom stereocenters. The predicted molar refractivity (Wildman–Crippen MR) is 67.3 cm³/mol. The molecule has 0 amide bonds. The van der Waals surface area contributed by atoms with Gasteiger partial charge in [0.05, 0.1) is 21.1 Å². The van der Waals surface area contributed by atoms with Crippen LogP contribution in [0.15, 0.2) is 56.2 Å². The van der Waals surface area contributed by atoms with Gasteiger partial charge in [0.2, 0.25) is 19.0 Å². The molecule has 137 valence electrons. The number of rotatable bonds is 0. The molecule has 10 nitrogen and oxygen atoms in total. The first kappa shape index (κ1) is 24.2. The molecule has 3 rings (SSSR count). The Balaban J connectivity index is 0. The van der Waals surface area contributed by atoms with Gasteiger partial charge in [-0.25, -0.2) is 13.7 Å². The van der Waals surface area contributed by atoms with E-state index in [0.29, 0.717) is 0 Å². The van der Waals surface area contributed by atoms with Gasteiger partial charge in [0.1, 0.15) is 37.2 Å². The van der Waals surface area contributed by atoms with E-state index in [1.165, 1.54) is 0 Å². The summed E-state index contributed by atoms with van der Waals surface area (Å²) in [7, 11) is 5.91. The van der Waals surface area contributed by atoms with E-state index in [1.807, 2.05) is 91.0 Å². The van der Waals surface area contributed by atoms with Crippen molar-refractivity contribution in [3.63, 3.8) is 0 Å². The van der Waals surface area contributed by atoms with E-state index in [4.69, 9.17) is 16.0 Å². The van der Waals surface area contributed by atoms with E-state index in [9.17, 15) is 0 Å². The van der Waals surface area contributed by atoms with E-state index in [2.05, 4.69) is 15.0 Å². The van der Waals surface area contributed by atoms with Crippen molar-refractivity contribution in [3.05, 3.63) is 56.2 Å². The van der Waals surface area contributed by atoms with Gasteiger partial charge in [-0.05, 0) is 0 Å². The fourth-order valence-corrected chi connectivity index (χ4v) is 1.09. The normalized spacial score (nSPS) is 9.04. The molecule has 0 aliphatic carbocycles. The van der Waals surface area contributed by atoms with E-state index in [1.54, 1.807) is 0 Å². The Labute approximate surface area is 148 Å². The third kappa shape index (κ3) is 20.0. The predicted octanol–water partition coefficient (Wildman–Crippen LogP) is -6.10. The summed E-state index contributed by atoms with van der Waals surface area (Å²) in [4.78, 5) is 8.68. The topological polar surface area (TPSA) is 139 Å². The van der Waals surface area contributed by atoms with E-state index in [-0.39, 0.29) is 12.4 Å². The third-order valence-corrected chi connectivity index (χ3v) is 2.05. The summed E-state index contributed by atoms with van der Waals surface area (Å²) >= 11 is -5.62. The number of halogens is 1. The van der Waals surface area contributed by atoms with Crippen molar-refractivity contribution in [3.8, 4) is 0 Å². The van der Waals surface area contributed by atoms with Crippen LogP contribution in [0.1, 0.15) is 0 Å². The summed E-state index contributed by atoms with van der Waals surface area (Å²) in [6, 6.07) is 0. The van der Waals surface area contributed by atoms with Crippen LogP contribution in [0.5, 0.6) is 0 Å². The van der Waals surface area contributed by atoms with Gasteiger partial charge in [-0.3, -0.25) is 15.0 Å². The summed E-state index contributed by atoms with van der Waals surface area (Å²) in [5.41, 5.74) is 0. The minimum absolute atomic E-state index is 0. The first-order valence-electron chi connectivity index (χ1n) is 6.24. The monoisotopic (exact) mass is 403 g/mol. The van der Waals surface area contributed by atoms with Crippen molar-refractivity contribution in [2.75, 3.05) is 0 Å². The quantitative estimate of drug-likeness (QED) is 0.254. The van der Waals surface area contributed by atoms with Crippen molar-refractivity contribution in [2.45, 2.75) is 0 Å².